The summed E-state index contributed by atoms with van der Waals surface area (Å²) in [6.07, 6.45) is 2.52. The fourth-order valence-corrected chi connectivity index (χ4v) is 3.00. The molecule has 1 aromatic carbocycles. The Kier molecular flexibility index (Phi) is 6.68. The SMILES string of the molecule is CCCNCCNC(=O)C1(c2ccc(Cl)cc2)CCOCC1. The van der Waals surface area contributed by atoms with Gasteiger partial charge in [-0.15, -0.1) is 0 Å². The number of benzene rings is 1. The van der Waals surface area contributed by atoms with E-state index in [0.29, 0.717) is 37.6 Å². The molecule has 1 saturated heterocycles. The summed E-state index contributed by atoms with van der Waals surface area (Å²) < 4.78 is 5.46. The Balaban J connectivity index is 2.05. The van der Waals surface area contributed by atoms with E-state index in [1.54, 1.807) is 0 Å². The molecular weight excluding hydrogens is 300 g/mol. The van der Waals surface area contributed by atoms with Gasteiger partial charge < -0.3 is 15.4 Å². The van der Waals surface area contributed by atoms with Crippen molar-refractivity contribution < 1.29 is 9.53 Å². The molecule has 0 aromatic heterocycles. The summed E-state index contributed by atoms with van der Waals surface area (Å²) in [7, 11) is 0. The van der Waals surface area contributed by atoms with Gasteiger partial charge in [-0.1, -0.05) is 30.7 Å². The zero-order chi connectivity index (χ0) is 15.8. The van der Waals surface area contributed by atoms with Crippen molar-refractivity contribution in [1.29, 1.82) is 0 Å². The lowest BCUT2D eigenvalue weighted by molar-refractivity contribution is -0.130. The molecule has 1 aliphatic heterocycles. The summed E-state index contributed by atoms with van der Waals surface area (Å²) in [6, 6.07) is 7.62. The van der Waals surface area contributed by atoms with Crippen LogP contribution in [0.1, 0.15) is 31.7 Å². The van der Waals surface area contributed by atoms with Gasteiger partial charge in [0.05, 0.1) is 5.41 Å². The van der Waals surface area contributed by atoms with E-state index in [4.69, 9.17) is 16.3 Å². The van der Waals surface area contributed by atoms with Crippen molar-refractivity contribution in [2.45, 2.75) is 31.6 Å². The summed E-state index contributed by atoms with van der Waals surface area (Å²) in [5.74, 6) is 0.0939. The van der Waals surface area contributed by atoms with Crippen molar-refractivity contribution >= 4 is 17.5 Å². The molecule has 1 aromatic rings. The minimum Gasteiger partial charge on any atom is -0.381 e. The first-order valence-electron chi connectivity index (χ1n) is 8.02. The molecule has 0 saturated carbocycles. The smallest absolute Gasteiger partial charge is 0.230 e. The molecule has 0 radical (unpaired) electrons. The predicted octanol–water partition coefficient (Wildman–Crippen LogP) is 2.50. The van der Waals surface area contributed by atoms with Gasteiger partial charge in [0.1, 0.15) is 0 Å². The molecule has 4 nitrogen and oxygen atoms in total. The molecule has 1 fully saturated rings. The van der Waals surface area contributed by atoms with Crippen molar-refractivity contribution in [3.63, 3.8) is 0 Å². The summed E-state index contributed by atoms with van der Waals surface area (Å²) in [5, 5.41) is 7.06. The molecule has 1 heterocycles. The molecule has 5 heteroatoms. The third-order valence-corrected chi connectivity index (χ3v) is 4.44. The molecule has 0 spiro atoms. The summed E-state index contributed by atoms with van der Waals surface area (Å²) in [5.41, 5.74) is 0.535. The third-order valence-electron chi connectivity index (χ3n) is 4.19. The van der Waals surface area contributed by atoms with Gasteiger partial charge in [-0.3, -0.25) is 4.79 Å². The number of nitrogens with one attached hydrogen (secondary N) is 2. The quantitative estimate of drug-likeness (QED) is 0.758. The van der Waals surface area contributed by atoms with Crippen LogP contribution >= 0.6 is 11.6 Å². The van der Waals surface area contributed by atoms with E-state index in [1.165, 1.54) is 0 Å². The predicted molar refractivity (Wildman–Crippen MR) is 89.4 cm³/mol. The number of carbonyl (C=O) groups is 1. The maximum absolute atomic E-state index is 12.8. The Morgan fingerprint density at radius 2 is 1.86 bits per heavy atom. The first-order valence-corrected chi connectivity index (χ1v) is 8.39. The topological polar surface area (TPSA) is 50.4 Å². The number of hydrogen-bond acceptors (Lipinski definition) is 3. The standard InChI is InChI=1S/C17H25ClN2O2/c1-2-9-19-10-11-20-16(21)17(7-12-22-13-8-17)14-3-5-15(18)6-4-14/h3-6,19H,2,7-13H2,1H3,(H,20,21). The molecule has 122 valence electrons. The van der Waals surface area contributed by atoms with E-state index in [0.717, 1.165) is 25.1 Å². The van der Waals surface area contributed by atoms with Gasteiger partial charge in [0, 0.05) is 31.3 Å². The van der Waals surface area contributed by atoms with Gasteiger partial charge in [0.25, 0.3) is 0 Å². The molecule has 0 aliphatic carbocycles. The fraction of sp³-hybridized carbons (Fsp3) is 0.588. The van der Waals surface area contributed by atoms with Crippen molar-refractivity contribution in [3.8, 4) is 0 Å². The Morgan fingerprint density at radius 1 is 1.18 bits per heavy atom. The summed E-state index contributed by atoms with van der Waals surface area (Å²) in [4.78, 5) is 12.8. The number of carbonyl (C=O) groups excluding carboxylic acids is 1. The Hall–Kier alpha value is -1.10. The number of ether oxygens (including phenoxy) is 1. The lowest BCUT2D eigenvalue weighted by Crippen LogP contribution is -2.49. The van der Waals surface area contributed by atoms with E-state index in [1.807, 2.05) is 24.3 Å². The van der Waals surface area contributed by atoms with Crippen LogP contribution in [0, 0.1) is 0 Å². The van der Waals surface area contributed by atoms with Crippen LogP contribution in [0.5, 0.6) is 0 Å². The minimum absolute atomic E-state index is 0.0939. The zero-order valence-corrected chi connectivity index (χ0v) is 13.9. The molecular formula is C17H25ClN2O2. The van der Waals surface area contributed by atoms with Gasteiger partial charge in [-0.05, 0) is 43.5 Å². The second-order valence-electron chi connectivity index (χ2n) is 5.71. The van der Waals surface area contributed by atoms with Gasteiger partial charge in [0.15, 0.2) is 0 Å². The highest BCUT2D eigenvalue weighted by atomic mass is 35.5. The average Bonchev–Trinajstić information content (AvgIpc) is 2.55. The fourth-order valence-electron chi connectivity index (χ4n) is 2.87. The zero-order valence-electron chi connectivity index (χ0n) is 13.2. The highest BCUT2D eigenvalue weighted by Gasteiger charge is 2.41. The second kappa shape index (κ2) is 8.51. The van der Waals surface area contributed by atoms with Crippen LogP contribution < -0.4 is 10.6 Å². The van der Waals surface area contributed by atoms with Gasteiger partial charge >= 0.3 is 0 Å². The Labute approximate surface area is 137 Å². The number of hydrogen-bond donors (Lipinski definition) is 2. The summed E-state index contributed by atoms with van der Waals surface area (Å²) >= 11 is 5.97. The van der Waals surface area contributed by atoms with E-state index in [2.05, 4.69) is 17.6 Å². The van der Waals surface area contributed by atoms with Crippen LogP contribution in [0.4, 0.5) is 0 Å². The average molecular weight is 325 g/mol. The Bertz CT molecular complexity index is 470. The van der Waals surface area contributed by atoms with Crippen LogP contribution in [-0.4, -0.2) is 38.8 Å². The highest BCUT2D eigenvalue weighted by molar-refractivity contribution is 6.30. The monoisotopic (exact) mass is 324 g/mol. The highest BCUT2D eigenvalue weighted by Crippen LogP contribution is 2.35. The number of rotatable bonds is 7. The molecule has 0 atom stereocenters. The maximum atomic E-state index is 12.8. The molecule has 1 aliphatic rings. The normalized spacial score (nSPS) is 17.2. The minimum atomic E-state index is -0.492. The lowest BCUT2D eigenvalue weighted by Gasteiger charge is -2.36. The molecule has 0 bridgehead atoms. The third kappa shape index (κ3) is 4.22. The molecule has 2 rings (SSSR count). The number of halogens is 1. The maximum Gasteiger partial charge on any atom is 0.230 e. The lowest BCUT2D eigenvalue weighted by atomic mass is 9.73. The van der Waals surface area contributed by atoms with Crippen molar-refractivity contribution in [2.75, 3.05) is 32.8 Å². The van der Waals surface area contributed by atoms with Crippen LogP contribution in [0.25, 0.3) is 0 Å². The Morgan fingerprint density at radius 3 is 2.50 bits per heavy atom. The molecule has 2 N–H and O–H groups in total. The molecule has 22 heavy (non-hydrogen) atoms. The van der Waals surface area contributed by atoms with Crippen molar-refractivity contribution in [3.05, 3.63) is 34.9 Å². The van der Waals surface area contributed by atoms with Crippen molar-refractivity contribution in [1.82, 2.24) is 10.6 Å². The summed E-state index contributed by atoms with van der Waals surface area (Å²) in [6.45, 7) is 5.78. The van der Waals surface area contributed by atoms with Crippen LogP contribution in [-0.2, 0) is 14.9 Å². The van der Waals surface area contributed by atoms with E-state index in [-0.39, 0.29) is 5.91 Å². The van der Waals surface area contributed by atoms with Gasteiger partial charge in [0.2, 0.25) is 5.91 Å². The first-order chi connectivity index (χ1) is 10.7. The van der Waals surface area contributed by atoms with E-state index in [9.17, 15) is 4.79 Å². The van der Waals surface area contributed by atoms with E-state index < -0.39 is 5.41 Å². The largest absolute Gasteiger partial charge is 0.381 e. The van der Waals surface area contributed by atoms with Crippen LogP contribution in [0.15, 0.2) is 24.3 Å². The van der Waals surface area contributed by atoms with Crippen molar-refractivity contribution in [2.24, 2.45) is 0 Å². The molecule has 1 amide bonds. The first kappa shape index (κ1) is 17.3. The number of amides is 1. The molecule has 0 unspecified atom stereocenters. The second-order valence-corrected chi connectivity index (χ2v) is 6.14. The van der Waals surface area contributed by atoms with Crippen LogP contribution in [0.2, 0.25) is 5.02 Å². The van der Waals surface area contributed by atoms with Crippen LogP contribution in [0.3, 0.4) is 0 Å². The van der Waals surface area contributed by atoms with Gasteiger partial charge in [-0.25, -0.2) is 0 Å². The van der Waals surface area contributed by atoms with E-state index >= 15 is 0 Å². The van der Waals surface area contributed by atoms with Gasteiger partial charge in [-0.2, -0.15) is 0 Å².